The predicted octanol–water partition coefficient (Wildman–Crippen LogP) is 3.07. The summed E-state index contributed by atoms with van der Waals surface area (Å²) < 4.78 is 0. The predicted molar refractivity (Wildman–Crippen MR) is 304 cm³/mol. The number of carbonyl (C=O) groups excluding carboxylic acids is 3. The van der Waals surface area contributed by atoms with E-state index >= 15 is 0 Å². The highest BCUT2D eigenvalue weighted by atomic mass is 16.5. The van der Waals surface area contributed by atoms with E-state index < -0.39 is 5.95 Å². The lowest BCUT2D eigenvalue weighted by Crippen LogP contribution is -2.32. The van der Waals surface area contributed by atoms with E-state index in [1.54, 1.807) is 41.1 Å². The van der Waals surface area contributed by atoms with Crippen LogP contribution in [0.2, 0.25) is 0 Å². The number of carbonyl (C=O) groups is 3. The molecule has 0 aromatic carbocycles. The van der Waals surface area contributed by atoms with Crippen LogP contribution in [0.3, 0.4) is 0 Å². The second-order valence-electron chi connectivity index (χ2n) is 14.7. The zero-order chi connectivity index (χ0) is 58.4. The number of aliphatic hydroxyl groups is 5. The Morgan fingerprint density at radius 1 is 0.594 bits per heavy atom. The van der Waals surface area contributed by atoms with Crippen LogP contribution < -0.4 is 64.6 Å². The number of rotatable bonds is 16. The number of hydrogen-bond donors (Lipinski definition) is 17. The molecule has 0 saturated heterocycles. The Morgan fingerprint density at radius 2 is 0.884 bits per heavy atom. The molecule has 0 aromatic rings. The van der Waals surface area contributed by atoms with E-state index in [9.17, 15) is 14.4 Å². The number of likely N-dealkylation sites (N-methyl/N-ethyl adjacent to an activating group) is 2. The van der Waals surface area contributed by atoms with Gasteiger partial charge in [-0.25, -0.2) is 0 Å². The van der Waals surface area contributed by atoms with E-state index in [2.05, 4.69) is 108 Å². The average molecular weight is 1010 g/mol. The fourth-order valence-electron chi connectivity index (χ4n) is 0.939. The lowest BCUT2D eigenvalue weighted by Gasteiger charge is -2.12. The third-order valence-electron chi connectivity index (χ3n) is 7.48. The van der Waals surface area contributed by atoms with Gasteiger partial charge in [0.05, 0.1) is 32.0 Å². The minimum atomic E-state index is -0.697. The number of nitrogens with two attached hydrogens (primary N) is 2. The van der Waals surface area contributed by atoms with Crippen LogP contribution in [0, 0.1) is 5.92 Å². The van der Waals surface area contributed by atoms with Gasteiger partial charge in [0.25, 0.3) is 5.95 Å². The number of hydrogen-bond acceptors (Lipinski definition) is 20. The van der Waals surface area contributed by atoms with Crippen LogP contribution in [0.15, 0.2) is 36.7 Å². The monoisotopic (exact) mass is 1010 g/mol. The summed E-state index contributed by atoms with van der Waals surface area (Å²) in [5.41, 5.74) is 10.9. The molecule has 0 fully saturated rings. The van der Waals surface area contributed by atoms with E-state index in [4.69, 9.17) is 37.0 Å². The van der Waals surface area contributed by atoms with Gasteiger partial charge in [0.15, 0.2) is 0 Å². The van der Waals surface area contributed by atoms with Crippen molar-refractivity contribution in [2.24, 2.45) is 17.4 Å². The molecule has 0 radical (unpaired) electrons. The molecule has 0 heterocycles. The van der Waals surface area contributed by atoms with Gasteiger partial charge in [-0.2, -0.15) is 0 Å². The molecule has 20 heteroatoms. The van der Waals surface area contributed by atoms with Crippen molar-refractivity contribution in [3.63, 3.8) is 0 Å². The summed E-state index contributed by atoms with van der Waals surface area (Å²) in [7, 11) is 18.5. The minimum absolute atomic E-state index is 0.0324. The van der Waals surface area contributed by atoms with Gasteiger partial charge in [-0.3, -0.25) is 14.9 Å². The molecule has 19 N–H and O–H groups in total. The van der Waals surface area contributed by atoms with Gasteiger partial charge < -0.3 is 89.6 Å². The van der Waals surface area contributed by atoms with E-state index in [1.165, 1.54) is 19.5 Å². The Hall–Kier alpha value is -3.25. The summed E-state index contributed by atoms with van der Waals surface area (Å²) in [5.74, 6) is 0.377. The van der Waals surface area contributed by atoms with Crippen molar-refractivity contribution in [3.05, 3.63) is 36.7 Å². The quantitative estimate of drug-likeness (QED) is 0.0780. The Morgan fingerprint density at radius 3 is 0.884 bits per heavy atom. The molecule has 0 aromatic heterocycles. The van der Waals surface area contributed by atoms with Crippen LogP contribution in [0.4, 0.5) is 0 Å². The van der Waals surface area contributed by atoms with Crippen LogP contribution in [0.25, 0.3) is 0 Å². The zero-order valence-electron chi connectivity index (χ0n) is 49.8. The molecule has 20 nitrogen and oxygen atoms in total. The summed E-state index contributed by atoms with van der Waals surface area (Å²) in [4.78, 5) is 29.2. The van der Waals surface area contributed by atoms with Crippen molar-refractivity contribution in [2.75, 3.05) is 103 Å². The van der Waals surface area contributed by atoms with E-state index in [-0.39, 0.29) is 61.5 Å². The zero-order valence-corrected chi connectivity index (χ0v) is 49.8. The van der Waals surface area contributed by atoms with Crippen LogP contribution in [-0.4, -0.2) is 183 Å². The van der Waals surface area contributed by atoms with Crippen molar-refractivity contribution in [1.82, 2.24) is 53.2 Å². The lowest BCUT2D eigenvalue weighted by molar-refractivity contribution is -0.117. The molecule has 0 aliphatic carbocycles. The molecule has 0 rings (SSSR count). The number of ketones is 3. The average Bonchev–Trinajstić information content (AvgIpc) is 3.34. The Kier molecular flexibility index (Phi) is 141. The van der Waals surface area contributed by atoms with Crippen molar-refractivity contribution in [3.8, 4) is 0 Å². The van der Waals surface area contributed by atoms with Gasteiger partial charge in [0.1, 0.15) is 23.6 Å². The normalized spacial score (nSPS) is 10.9. The third kappa shape index (κ3) is 238. The number of aliphatic hydroxyl groups excluding tert-OH is 4. The van der Waals surface area contributed by atoms with Gasteiger partial charge in [0, 0.05) is 57.4 Å². The van der Waals surface area contributed by atoms with Crippen LogP contribution >= 0.6 is 0 Å². The molecular formula is C49H124N12O8. The molecule has 428 valence electrons. The summed E-state index contributed by atoms with van der Waals surface area (Å²) in [6.45, 7) is 38.7. The van der Waals surface area contributed by atoms with Crippen molar-refractivity contribution >= 4 is 17.3 Å². The summed E-state index contributed by atoms with van der Waals surface area (Å²) in [6, 6.07) is 1.74. The molecule has 69 heavy (non-hydrogen) atoms. The molecule has 5 atom stereocenters. The highest BCUT2D eigenvalue weighted by molar-refractivity contribution is 5.77. The fraction of sp³-hybridized carbons (Fsp3) is 0.816. The third-order valence-corrected chi connectivity index (χ3v) is 7.48. The standard InChI is InChI=1S/C6H15N.C5H13NO.C5H11N.C4H11NO.C4H11N.C4H8O.C3H7NO2.C3H9NO.2C3H7NO.2C3H9N.C3H7N/c1-5(2)6(3)7-4;1-4(6-3)5(2)7;1-4-5(2)6-3;1-4(3-6)5-2;1-4(2)5-3;1-3-4(2)5;1-4-2-3(5)6;1-3(5)4-2;2*1-3(5)2-4;3*1-3-4-2/h5-7H,1-4H3;4-7H,1-3H3;4,6H,1-3H3;4-6H,3H2,1-2H3;4-5H,1-3H3;3H2,1-2H3;2,4-6H,1H3;3-5H,1-2H3;2*2,4H2,1H3;2*4H,3H2,1-2H3;3-4H,1H2,2H3/b;;5-4+;;;;;;;;;;/t;;;4-;;;;;;;;;/m...0........./s1. The molecule has 0 spiro atoms. The van der Waals surface area contributed by atoms with Gasteiger partial charge in [-0.1, -0.05) is 61.1 Å². The van der Waals surface area contributed by atoms with Gasteiger partial charge in [-0.05, 0) is 144 Å². The highest BCUT2D eigenvalue weighted by Gasteiger charge is 2.02. The Labute approximate surface area is 427 Å². The summed E-state index contributed by atoms with van der Waals surface area (Å²) in [5, 5.41) is 69.6. The first-order valence-corrected chi connectivity index (χ1v) is 23.7. The molecule has 0 aliphatic heterocycles. The van der Waals surface area contributed by atoms with Gasteiger partial charge in [-0.15, -0.1) is 0 Å². The Bertz CT molecular complexity index is 893. The van der Waals surface area contributed by atoms with E-state index in [0.29, 0.717) is 18.5 Å². The number of Topliss-reactive ketones (excluding diaryl/α,β-unsaturated/α-hetero) is 3. The van der Waals surface area contributed by atoms with Crippen molar-refractivity contribution < 1.29 is 39.9 Å². The molecular weight excluding hydrogens is 885 g/mol. The van der Waals surface area contributed by atoms with Crippen LogP contribution in [0.1, 0.15) is 124 Å². The van der Waals surface area contributed by atoms with Gasteiger partial charge >= 0.3 is 0 Å². The molecule has 0 bridgehead atoms. The van der Waals surface area contributed by atoms with Crippen LogP contribution in [-0.2, 0) is 14.4 Å². The smallest absolute Gasteiger partial charge is 0.290 e. The number of nitrogens with one attached hydrogen (secondary N) is 10. The lowest BCUT2D eigenvalue weighted by atomic mass is 10.1. The number of allylic oxidation sites excluding steroid dienone is 2. The molecule has 4 unspecified atom stereocenters. The second-order valence-corrected chi connectivity index (χ2v) is 14.7. The fourth-order valence-corrected chi connectivity index (χ4v) is 0.939. The first-order chi connectivity index (χ1) is 31.8. The van der Waals surface area contributed by atoms with Crippen molar-refractivity contribution in [2.45, 2.75) is 161 Å². The summed E-state index contributed by atoms with van der Waals surface area (Å²) in [6.07, 6.45) is 4.78. The van der Waals surface area contributed by atoms with E-state index in [0.717, 1.165) is 25.2 Å². The van der Waals surface area contributed by atoms with Crippen molar-refractivity contribution in [1.29, 1.82) is 0 Å². The molecule has 0 saturated carbocycles. The maximum absolute atomic E-state index is 9.81. The maximum Gasteiger partial charge on any atom is 0.290 e. The first kappa shape index (κ1) is 99.1. The summed E-state index contributed by atoms with van der Waals surface area (Å²) >= 11 is 0. The first-order valence-electron chi connectivity index (χ1n) is 23.7. The molecule has 0 aliphatic rings. The largest absolute Gasteiger partial charge is 0.480 e. The SMILES string of the molecule is C/C=C(\C)NC.C=CNC.CC(=O)CN.CC(=O)CN.CCC(C)=O.CCNC.CCNC.CNC(C)C.CNC(C)C(C)C.CNC(C)C(C)O.CNC(C)O.CNC=C(O)O.CN[C@@H](C)CO. The minimum Gasteiger partial charge on any atom is -0.480 e. The second kappa shape index (κ2) is 98.3. The van der Waals surface area contributed by atoms with Gasteiger partial charge in [0.2, 0.25) is 0 Å². The van der Waals surface area contributed by atoms with E-state index in [1.807, 2.05) is 97.1 Å². The topological polar surface area (TPSA) is 325 Å². The maximum atomic E-state index is 9.81. The molecule has 0 amide bonds. The van der Waals surface area contributed by atoms with Crippen LogP contribution in [0.5, 0.6) is 0 Å². The highest BCUT2D eigenvalue weighted by Crippen LogP contribution is 1.97. The Balaban J connectivity index is -0.0000000449.